The van der Waals surface area contributed by atoms with Gasteiger partial charge in [-0.25, -0.2) is 0 Å². The van der Waals surface area contributed by atoms with E-state index in [0.717, 1.165) is 25.7 Å². The summed E-state index contributed by atoms with van der Waals surface area (Å²) in [6.07, 6.45) is 3.92. The quantitative estimate of drug-likeness (QED) is 0.875. The summed E-state index contributed by atoms with van der Waals surface area (Å²) < 4.78 is 0. The second-order valence-electron chi connectivity index (χ2n) is 5.29. The predicted molar refractivity (Wildman–Crippen MR) is 75.3 cm³/mol. The Labute approximate surface area is 118 Å². The maximum absolute atomic E-state index is 12.6. The van der Waals surface area contributed by atoms with E-state index >= 15 is 0 Å². The van der Waals surface area contributed by atoms with Crippen molar-refractivity contribution in [2.24, 2.45) is 5.73 Å². The van der Waals surface area contributed by atoms with Crippen molar-refractivity contribution in [3.8, 4) is 5.75 Å². The van der Waals surface area contributed by atoms with Gasteiger partial charge in [0.2, 0.25) is 5.91 Å². The number of phenols is 1. The molecular formula is C15H20N2O3. The molecule has 0 atom stereocenters. The van der Waals surface area contributed by atoms with Crippen LogP contribution in [-0.4, -0.2) is 34.4 Å². The first-order valence-corrected chi connectivity index (χ1v) is 6.88. The molecule has 0 saturated heterocycles. The Hall–Kier alpha value is -2.04. The van der Waals surface area contributed by atoms with E-state index in [2.05, 4.69) is 0 Å². The third-order valence-electron chi connectivity index (χ3n) is 3.89. The highest BCUT2D eigenvalue weighted by Gasteiger charge is 2.29. The molecule has 3 N–H and O–H groups in total. The van der Waals surface area contributed by atoms with E-state index in [1.54, 1.807) is 30.0 Å². The number of carbonyl (C=O) groups is 2. The first-order valence-electron chi connectivity index (χ1n) is 6.88. The monoisotopic (exact) mass is 276 g/mol. The van der Waals surface area contributed by atoms with Crippen LogP contribution in [0.5, 0.6) is 5.75 Å². The van der Waals surface area contributed by atoms with Gasteiger partial charge in [0.05, 0.1) is 6.54 Å². The van der Waals surface area contributed by atoms with E-state index in [-0.39, 0.29) is 24.2 Å². The summed E-state index contributed by atoms with van der Waals surface area (Å²) in [6.45, 7) is 1.62. The molecule has 1 saturated carbocycles. The highest BCUT2D eigenvalue weighted by Crippen LogP contribution is 2.27. The van der Waals surface area contributed by atoms with Crippen molar-refractivity contribution in [1.82, 2.24) is 4.90 Å². The maximum atomic E-state index is 12.6. The summed E-state index contributed by atoms with van der Waals surface area (Å²) >= 11 is 0. The van der Waals surface area contributed by atoms with Crippen LogP contribution in [0, 0.1) is 6.92 Å². The Balaban J connectivity index is 2.29. The number of nitrogens with zero attached hydrogens (tertiary/aromatic N) is 1. The molecule has 0 radical (unpaired) electrons. The molecule has 1 aliphatic carbocycles. The van der Waals surface area contributed by atoms with E-state index in [0.29, 0.717) is 11.1 Å². The molecular weight excluding hydrogens is 256 g/mol. The van der Waals surface area contributed by atoms with Gasteiger partial charge in [0.25, 0.3) is 5.91 Å². The van der Waals surface area contributed by atoms with Crippen molar-refractivity contribution in [2.75, 3.05) is 6.54 Å². The van der Waals surface area contributed by atoms with Crippen LogP contribution < -0.4 is 5.73 Å². The number of aromatic hydroxyl groups is 1. The number of hydrogen-bond acceptors (Lipinski definition) is 3. The largest absolute Gasteiger partial charge is 0.508 e. The van der Waals surface area contributed by atoms with E-state index in [4.69, 9.17) is 5.73 Å². The highest BCUT2D eigenvalue weighted by molar-refractivity contribution is 5.98. The second-order valence-corrected chi connectivity index (χ2v) is 5.29. The molecule has 20 heavy (non-hydrogen) atoms. The molecule has 0 unspecified atom stereocenters. The fourth-order valence-electron chi connectivity index (χ4n) is 2.76. The molecule has 1 aliphatic rings. The zero-order chi connectivity index (χ0) is 14.7. The molecule has 2 amide bonds. The van der Waals surface area contributed by atoms with Gasteiger partial charge in [0.15, 0.2) is 0 Å². The zero-order valence-electron chi connectivity index (χ0n) is 11.6. The van der Waals surface area contributed by atoms with Crippen molar-refractivity contribution in [1.29, 1.82) is 0 Å². The number of primary amides is 1. The van der Waals surface area contributed by atoms with Crippen molar-refractivity contribution < 1.29 is 14.7 Å². The van der Waals surface area contributed by atoms with Crippen LogP contribution in [0.2, 0.25) is 0 Å². The van der Waals surface area contributed by atoms with Gasteiger partial charge >= 0.3 is 0 Å². The number of rotatable bonds is 4. The highest BCUT2D eigenvalue weighted by atomic mass is 16.3. The summed E-state index contributed by atoms with van der Waals surface area (Å²) in [5.41, 5.74) is 6.22. The van der Waals surface area contributed by atoms with Crippen molar-refractivity contribution >= 4 is 11.8 Å². The average molecular weight is 276 g/mol. The lowest BCUT2D eigenvalue weighted by Crippen LogP contribution is -2.44. The molecule has 1 fully saturated rings. The minimum Gasteiger partial charge on any atom is -0.508 e. The summed E-state index contributed by atoms with van der Waals surface area (Å²) in [6, 6.07) is 4.91. The van der Waals surface area contributed by atoms with Gasteiger partial charge in [0.1, 0.15) is 5.75 Å². The minimum atomic E-state index is -0.511. The standard InChI is InChI=1S/C15H20N2O3/c1-10-12(7-4-8-13(10)18)15(20)17(9-14(16)19)11-5-2-3-6-11/h4,7-8,11,18H,2-3,5-6,9H2,1H3,(H2,16,19). The molecule has 2 rings (SSSR count). The van der Waals surface area contributed by atoms with Crippen LogP contribution in [-0.2, 0) is 4.79 Å². The first-order chi connectivity index (χ1) is 9.50. The number of amides is 2. The van der Waals surface area contributed by atoms with Gasteiger partial charge in [-0.15, -0.1) is 0 Å². The lowest BCUT2D eigenvalue weighted by atomic mass is 10.0. The van der Waals surface area contributed by atoms with Gasteiger partial charge in [-0.05, 0) is 31.9 Å². The van der Waals surface area contributed by atoms with Gasteiger partial charge in [-0.1, -0.05) is 18.9 Å². The topological polar surface area (TPSA) is 83.6 Å². The van der Waals surface area contributed by atoms with Crippen LogP contribution in [0.25, 0.3) is 0 Å². The van der Waals surface area contributed by atoms with Crippen LogP contribution >= 0.6 is 0 Å². The van der Waals surface area contributed by atoms with Crippen LogP contribution in [0.3, 0.4) is 0 Å². The van der Waals surface area contributed by atoms with E-state index in [1.807, 2.05) is 0 Å². The van der Waals surface area contributed by atoms with Crippen molar-refractivity contribution in [3.05, 3.63) is 29.3 Å². The number of phenolic OH excluding ortho intramolecular Hbond substituents is 1. The third kappa shape index (κ3) is 2.92. The Morgan fingerprint density at radius 3 is 2.60 bits per heavy atom. The van der Waals surface area contributed by atoms with Crippen LogP contribution in [0.4, 0.5) is 0 Å². The summed E-state index contributed by atoms with van der Waals surface area (Å²) in [7, 11) is 0. The van der Waals surface area contributed by atoms with Crippen LogP contribution in [0.1, 0.15) is 41.6 Å². The minimum absolute atomic E-state index is 0.0664. The lowest BCUT2D eigenvalue weighted by molar-refractivity contribution is -0.119. The Morgan fingerprint density at radius 2 is 2.00 bits per heavy atom. The second kappa shape index (κ2) is 5.94. The van der Waals surface area contributed by atoms with Crippen molar-refractivity contribution in [2.45, 2.75) is 38.6 Å². The average Bonchev–Trinajstić information content (AvgIpc) is 2.92. The predicted octanol–water partition coefficient (Wildman–Crippen LogP) is 1.57. The molecule has 0 heterocycles. The van der Waals surface area contributed by atoms with Crippen molar-refractivity contribution in [3.63, 3.8) is 0 Å². The van der Waals surface area contributed by atoms with Gasteiger partial charge in [0, 0.05) is 17.2 Å². The molecule has 1 aromatic carbocycles. The lowest BCUT2D eigenvalue weighted by Gasteiger charge is -2.28. The van der Waals surface area contributed by atoms with E-state index < -0.39 is 5.91 Å². The molecule has 108 valence electrons. The maximum Gasteiger partial charge on any atom is 0.254 e. The SMILES string of the molecule is Cc1c(O)cccc1C(=O)N(CC(N)=O)C1CCCC1. The Morgan fingerprint density at radius 1 is 1.35 bits per heavy atom. The van der Waals surface area contributed by atoms with Gasteiger partial charge in [-0.2, -0.15) is 0 Å². The molecule has 0 spiro atoms. The third-order valence-corrected chi connectivity index (χ3v) is 3.89. The van der Waals surface area contributed by atoms with E-state index in [1.165, 1.54) is 0 Å². The van der Waals surface area contributed by atoms with Gasteiger partial charge < -0.3 is 15.7 Å². The summed E-state index contributed by atoms with van der Waals surface area (Å²) in [4.78, 5) is 25.4. The smallest absolute Gasteiger partial charge is 0.254 e. The molecule has 1 aromatic rings. The summed E-state index contributed by atoms with van der Waals surface area (Å²) in [5.74, 6) is -0.659. The van der Waals surface area contributed by atoms with Crippen LogP contribution in [0.15, 0.2) is 18.2 Å². The fraction of sp³-hybridized carbons (Fsp3) is 0.467. The normalized spacial score (nSPS) is 15.2. The molecule has 0 aromatic heterocycles. The fourth-order valence-corrected chi connectivity index (χ4v) is 2.76. The van der Waals surface area contributed by atoms with E-state index in [9.17, 15) is 14.7 Å². The number of nitrogens with two attached hydrogens (primary N) is 1. The molecule has 5 nitrogen and oxygen atoms in total. The molecule has 0 aliphatic heterocycles. The summed E-state index contributed by atoms with van der Waals surface area (Å²) in [5, 5.41) is 9.72. The zero-order valence-corrected chi connectivity index (χ0v) is 11.6. The number of hydrogen-bond donors (Lipinski definition) is 2. The molecule has 0 bridgehead atoms. The van der Waals surface area contributed by atoms with Gasteiger partial charge in [-0.3, -0.25) is 9.59 Å². The Bertz CT molecular complexity index is 522. The first kappa shape index (κ1) is 14.4. The molecule has 5 heteroatoms. The number of benzene rings is 1. The Kier molecular flexibility index (Phi) is 4.27. The number of carbonyl (C=O) groups excluding carboxylic acids is 2.